The number of nitrogens with zero attached hydrogens (tertiary/aromatic N) is 2. The van der Waals surface area contributed by atoms with Gasteiger partial charge in [0.05, 0.1) is 12.2 Å². The number of rotatable bonds is 2. The standard InChI is InChI=1S/C16H20N2O3/c19-16(20)13-7-10-3-1-2-4-14(10)17-15(13)18-8-11-5-6-12(9-18)21-11/h7,11-12H,1-6,8-9H2,(H,19,20). The van der Waals surface area contributed by atoms with Gasteiger partial charge in [-0.15, -0.1) is 0 Å². The zero-order chi connectivity index (χ0) is 14.4. The SMILES string of the molecule is O=C(O)c1cc2c(nc1N1CC3CCC(C1)O3)CCCC2. The molecule has 2 bridgehead atoms. The zero-order valence-electron chi connectivity index (χ0n) is 12.0. The Morgan fingerprint density at radius 3 is 2.67 bits per heavy atom. The summed E-state index contributed by atoms with van der Waals surface area (Å²) in [6.07, 6.45) is 6.85. The molecule has 1 aliphatic carbocycles. The van der Waals surface area contributed by atoms with Gasteiger partial charge in [0.15, 0.2) is 0 Å². The Kier molecular flexibility index (Phi) is 3.10. The van der Waals surface area contributed by atoms with E-state index in [0.717, 1.165) is 62.9 Å². The number of fused-ring (bicyclic) bond motifs is 3. The molecule has 2 aliphatic heterocycles. The molecule has 0 spiro atoms. The quantitative estimate of drug-likeness (QED) is 0.902. The highest BCUT2D eigenvalue weighted by molar-refractivity contribution is 5.93. The molecule has 0 aromatic carbocycles. The Hall–Kier alpha value is -1.62. The summed E-state index contributed by atoms with van der Waals surface area (Å²) in [5, 5.41) is 9.55. The van der Waals surface area contributed by atoms with Crippen LogP contribution in [-0.4, -0.2) is 41.4 Å². The number of carbonyl (C=O) groups is 1. The van der Waals surface area contributed by atoms with Gasteiger partial charge in [0.25, 0.3) is 0 Å². The Bertz CT molecular complexity index is 575. The molecular weight excluding hydrogens is 268 g/mol. The van der Waals surface area contributed by atoms with Gasteiger partial charge in [-0.05, 0) is 50.2 Å². The average Bonchev–Trinajstić information content (AvgIpc) is 2.84. The van der Waals surface area contributed by atoms with E-state index in [9.17, 15) is 9.90 Å². The normalized spacial score (nSPS) is 27.5. The number of anilines is 1. The molecule has 2 fully saturated rings. The number of pyridine rings is 1. The van der Waals surface area contributed by atoms with Crippen molar-refractivity contribution in [1.82, 2.24) is 4.98 Å². The van der Waals surface area contributed by atoms with Crippen LogP contribution in [0.2, 0.25) is 0 Å². The lowest BCUT2D eigenvalue weighted by Gasteiger charge is -2.34. The van der Waals surface area contributed by atoms with Crippen LogP contribution in [0.5, 0.6) is 0 Å². The molecule has 2 unspecified atom stereocenters. The Morgan fingerprint density at radius 2 is 1.95 bits per heavy atom. The van der Waals surface area contributed by atoms with Crippen LogP contribution in [0.15, 0.2) is 6.07 Å². The molecule has 1 N–H and O–H groups in total. The maximum Gasteiger partial charge on any atom is 0.339 e. The first-order valence-electron chi connectivity index (χ1n) is 7.87. The summed E-state index contributed by atoms with van der Waals surface area (Å²) >= 11 is 0. The van der Waals surface area contributed by atoms with E-state index in [1.807, 2.05) is 6.07 Å². The molecule has 1 aromatic rings. The van der Waals surface area contributed by atoms with Crippen LogP contribution in [0.1, 0.15) is 47.3 Å². The first kappa shape index (κ1) is 13.1. The molecule has 5 heteroatoms. The molecule has 4 rings (SSSR count). The minimum atomic E-state index is -0.871. The van der Waals surface area contributed by atoms with E-state index in [-0.39, 0.29) is 12.2 Å². The van der Waals surface area contributed by atoms with E-state index in [1.54, 1.807) is 0 Å². The van der Waals surface area contributed by atoms with Crippen LogP contribution >= 0.6 is 0 Å². The van der Waals surface area contributed by atoms with E-state index in [2.05, 4.69) is 4.90 Å². The van der Waals surface area contributed by atoms with Crippen molar-refractivity contribution in [3.63, 3.8) is 0 Å². The van der Waals surface area contributed by atoms with Crippen molar-refractivity contribution in [2.75, 3.05) is 18.0 Å². The van der Waals surface area contributed by atoms with Crippen LogP contribution in [-0.2, 0) is 17.6 Å². The molecule has 1 aromatic heterocycles. The predicted molar refractivity (Wildman–Crippen MR) is 77.9 cm³/mol. The monoisotopic (exact) mass is 288 g/mol. The lowest BCUT2D eigenvalue weighted by atomic mass is 9.94. The number of carboxylic acid groups (broad SMARTS) is 1. The van der Waals surface area contributed by atoms with Gasteiger partial charge < -0.3 is 14.7 Å². The topological polar surface area (TPSA) is 62.7 Å². The summed E-state index contributed by atoms with van der Waals surface area (Å²) in [7, 11) is 0. The number of aromatic carboxylic acids is 1. The van der Waals surface area contributed by atoms with E-state index in [0.29, 0.717) is 11.4 Å². The van der Waals surface area contributed by atoms with Crippen molar-refractivity contribution in [2.45, 2.75) is 50.7 Å². The third-order valence-electron chi connectivity index (χ3n) is 4.85. The number of hydrogen-bond donors (Lipinski definition) is 1. The number of hydrogen-bond acceptors (Lipinski definition) is 4. The van der Waals surface area contributed by atoms with Gasteiger partial charge >= 0.3 is 5.97 Å². The summed E-state index contributed by atoms with van der Waals surface area (Å²) in [5.41, 5.74) is 2.58. The predicted octanol–water partition coefficient (Wildman–Crippen LogP) is 2.03. The molecule has 0 amide bonds. The molecule has 0 saturated carbocycles. The van der Waals surface area contributed by atoms with Crippen LogP contribution in [0.3, 0.4) is 0 Å². The van der Waals surface area contributed by atoms with Gasteiger partial charge in [0, 0.05) is 18.8 Å². The fraction of sp³-hybridized carbons (Fsp3) is 0.625. The third kappa shape index (κ3) is 2.29. The second-order valence-corrected chi connectivity index (χ2v) is 6.34. The van der Waals surface area contributed by atoms with Gasteiger partial charge in [0.1, 0.15) is 11.4 Å². The van der Waals surface area contributed by atoms with Gasteiger partial charge in [0.2, 0.25) is 0 Å². The van der Waals surface area contributed by atoms with Gasteiger partial charge in [-0.3, -0.25) is 0 Å². The minimum Gasteiger partial charge on any atom is -0.478 e. The Morgan fingerprint density at radius 1 is 1.24 bits per heavy atom. The van der Waals surface area contributed by atoms with Crippen molar-refractivity contribution in [1.29, 1.82) is 0 Å². The van der Waals surface area contributed by atoms with E-state index in [1.165, 1.54) is 0 Å². The first-order chi connectivity index (χ1) is 10.2. The first-order valence-corrected chi connectivity index (χ1v) is 7.87. The van der Waals surface area contributed by atoms with Crippen molar-refractivity contribution in [3.8, 4) is 0 Å². The zero-order valence-corrected chi connectivity index (χ0v) is 12.0. The minimum absolute atomic E-state index is 0.239. The van der Waals surface area contributed by atoms with Gasteiger partial charge in [-0.2, -0.15) is 0 Å². The Balaban J connectivity index is 1.74. The van der Waals surface area contributed by atoms with Gasteiger partial charge in [-0.1, -0.05) is 0 Å². The lowest BCUT2D eigenvalue weighted by molar-refractivity contribution is 0.0300. The third-order valence-corrected chi connectivity index (χ3v) is 4.85. The number of ether oxygens (including phenoxy) is 1. The van der Waals surface area contributed by atoms with Crippen molar-refractivity contribution in [3.05, 3.63) is 22.9 Å². The highest BCUT2D eigenvalue weighted by atomic mass is 16.5. The van der Waals surface area contributed by atoms with E-state index >= 15 is 0 Å². The summed E-state index contributed by atoms with van der Waals surface area (Å²) in [4.78, 5) is 18.5. The molecule has 0 radical (unpaired) electrons. The van der Waals surface area contributed by atoms with Gasteiger partial charge in [-0.25, -0.2) is 9.78 Å². The fourth-order valence-corrected chi connectivity index (χ4v) is 3.81. The van der Waals surface area contributed by atoms with Crippen LogP contribution in [0, 0.1) is 0 Å². The smallest absolute Gasteiger partial charge is 0.339 e. The number of morpholine rings is 1. The molecule has 3 aliphatic rings. The highest BCUT2D eigenvalue weighted by Crippen LogP contribution is 2.32. The second-order valence-electron chi connectivity index (χ2n) is 6.34. The molecule has 3 heterocycles. The van der Waals surface area contributed by atoms with Crippen molar-refractivity contribution in [2.24, 2.45) is 0 Å². The molecule has 112 valence electrons. The lowest BCUT2D eigenvalue weighted by Crippen LogP contribution is -2.43. The van der Waals surface area contributed by atoms with Crippen LogP contribution in [0.25, 0.3) is 0 Å². The summed E-state index contributed by atoms with van der Waals surface area (Å²) in [6, 6.07) is 1.86. The van der Waals surface area contributed by atoms with Crippen molar-refractivity contribution >= 4 is 11.8 Å². The maximum absolute atomic E-state index is 11.6. The van der Waals surface area contributed by atoms with Crippen molar-refractivity contribution < 1.29 is 14.6 Å². The second kappa shape index (κ2) is 4.98. The van der Waals surface area contributed by atoms with Crippen LogP contribution < -0.4 is 4.90 Å². The number of aromatic nitrogens is 1. The average molecular weight is 288 g/mol. The number of carboxylic acids is 1. The van der Waals surface area contributed by atoms with Crippen LogP contribution in [0.4, 0.5) is 5.82 Å². The fourth-order valence-electron chi connectivity index (χ4n) is 3.81. The number of aryl methyl sites for hydroxylation is 2. The molecule has 2 saturated heterocycles. The molecule has 21 heavy (non-hydrogen) atoms. The van der Waals surface area contributed by atoms with E-state index in [4.69, 9.17) is 9.72 Å². The summed E-state index contributed by atoms with van der Waals surface area (Å²) in [5.74, 6) is -0.215. The Labute approximate surface area is 123 Å². The largest absolute Gasteiger partial charge is 0.478 e. The van der Waals surface area contributed by atoms with E-state index < -0.39 is 5.97 Å². The highest BCUT2D eigenvalue weighted by Gasteiger charge is 2.36. The summed E-state index contributed by atoms with van der Waals surface area (Å²) in [6.45, 7) is 1.53. The summed E-state index contributed by atoms with van der Waals surface area (Å²) < 4.78 is 5.85. The molecule has 5 nitrogen and oxygen atoms in total. The molecular formula is C16H20N2O3. The molecule has 2 atom stereocenters. The maximum atomic E-state index is 11.6.